The van der Waals surface area contributed by atoms with Crippen molar-refractivity contribution >= 4 is 21.4 Å². The van der Waals surface area contributed by atoms with E-state index in [4.69, 9.17) is 10.00 Å². The van der Waals surface area contributed by atoms with Crippen LogP contribution in [0, 0.1) is 17.1 Å². The topological polar surface area (TPSA) is 111 Å². The van der Waals surface area contributed by atoms with E-state index in [0.717, 1.165) is 18.2 Å². The van der Waals surface area contributed by atoms with Gasteiger partial charge >= 0.3 is 6.18 Å². The van der Waals surface area contributed by atoms with Gasteiger partial charge < -0.3 is 14.9 Å². The Morgan fingerprint density at radius 3 is 2.57 bits per heavy atom. The molecule has 0 amide bonds. The van der Waals surface area contributed by atoms with E-state index in [-0.39, 0.29) is 22.6 Å². The molecule has 0 saturated carbocycles. The quantitative estimate of drug-likeness (QED) is 0.652. The van der Waals surface area contributed by atoms with E-state index in [1.54, 1.807) is 6.07 Å². The minimum Gasteiger partial charge on any atom is -0.486 e. The van der Waals surface area contributed by atoms with Crippen LogP contribution in [0.25, 0.3) is 0 Å². The number of sulfonamides is 1. The molecule has 2 heterocycles. The lowest BCUT2D eigenvalue weighted by Crippen LogP contribution is -2.48. The molecule has 162 valence electrons. The van der Waals surface area contributed by atoms with Crippen LogP contribution in [0.3, 0.4) is 0 Å². The predicted molar refractivity (Wildman–Crippen MR) is 95.6 cm³/mol. The van der Waals surface area contributed by atoms with Crippen molar-refractivity contribution in [3.8, 4) is 11.8 Å². The average Bonchev–Trinajstić information content (AvgIpc) is 3.29. The lowest BCUT2D eigenvalue weighted by Gasteiger charge is -2.27. The summed E-state index contributed by atoms with van der Waals surface area (Å²) < 4.78 is 83.2. The van der Waals surface area contributed by atoms with Crippen LogP contribution in [0.15, 0.2) is 34.5 Å². The highest BCUT2D eigenvalue weighted by Crippen LogP contribution is 2.38. The number of alkyl halides is 3. The first kappa shape index (κ1) is 22.4. The Morgan fingerprint density at radius 2 is 2.03 bits per heavy atom. The lowest BCUT2D eigenvalue weighted by atomic mass is 10.0. The van der Waals surface area contributed by atoms with E-state index in [2.05, 4.69) is 0 Å². The molecule has 1 aromatic carbocycles. The van der Waals surface area contributed by atoms with Gasteiger partial charge in [0.1, 0.15) is 38.4 Å². The highest BCUT2D eigenvalue weighted by Gasteiger charge is 2.51. The maximum atomic E-state index is 13.8. The zero-order chi connectivity index (χ0) is 22.3. The van der Waals surface area contributed by atoms with Gasteiger partial charge in [0.2, 0.25) is 0 Å². The largest absolute Gasteiger partial charge is 0.486 e. The average molecular weight is 466 g/mol. The molecule has 1 saturated heterocycles. The number of thiophene rings is 1. The fourth-order valence-corrected chi connectivity index (χ4v) is 5.70. The summed E-state index contributed by atoms with van der Waals surface area (Å²) in [6.45, 7) is -2.06. The van der Waals surface area contributed by atoms with Gasteiger partial charge in [0, 0.05) is 12.6 Å². The SMILES string of the molecule is N#Cc1ccc(OC2CN(S(=O)(=O)c3ccc(C(F)(F)F)s3)C[C@@]2(O)CO)cc1F. The van der Waals surface area contributed by atoms with Crippen LogP contribution in [-0.4, -0.2) is 54.3 Å². The van der Waals surface area contributed by atoms with Crippen LogP contribution in [0.2, 0.25) is 0 Å². The summed E-state index contributed by atoms with van der Waals surface area (Å²) in [5.41, 5.74) is -2.34. The van der Waals surface area contributed by atoms with Gasteiger partial charge in [0.05, 0.1) is 18.7 Å². The third-order valence-corrected chi connectivity index (χ3v) is 7.90. The van der Waals surface area contributed by atoms with Crippen molar-refractivity contribution in [1.82, 2.24) is 4.31 Å². The number of halogens is 4. The van der Waals surface area contributed by atoms with E-state index in [9.17, 15) is 36.2 Å². The number of nitrogens with zero attached hydrogens (tertiary/aromatic N) is 2. The summed E-state index contributed by atoms with van der Waals surface area (Å²) in [6, 6.07) is 6.28. The molecule has 1 unspecified atom stereocenters. The van der Waals surface area contributed by atoms with Gasteiger partial charge in [-0.3, -0.25) is 0 Å². The molecule has 0 aliphatic carbocycles. The minimum absolute atomic E-state index is 0.0328. The number of hydrogen-bond acceptors (Lipinski definition) is 7. The van der Waals surface area contributed by atoms with Crippen LogP contribution in [-0.2, 0) is 16.2 Å². The van der Waals surface area contributed by atoms with Crippen molar-refractivity contribution in [2.75, 3.05) is 19.7 Å². The molecule has 1 aromatic heterocycles. The Bertz CT molecular complexity index is 1100. The molecule has 0 radical (unpaired) electrons. The molecular formula is C17H14F4N2O5S2. The molecule has 0 spiro atoms. The third kappa shape index (κ3) is 4.14. The molecule has 2 atom stereocenters. The molecular weight excluding hydrogens is 452 g/mol. The maximum absolute atomic E-state index is 13.8. The summed E-state index contributed by atoms with van der Waals surface area (Å²) in [4.78, 5) is -1.10. The number of aliphatic hydroxyl groups is 2. The summed E-state index contributed by atoms with van der Waals surface area (Å²) in [7, 11) is -4.42. The smallest absolute Gasteiger partial charge is 0.425 e. The molecule has 2 aromatic rings. The van der Waals surface area contributed by atoms with Gasteiger partial charge in [0.15, 0.2) is 0 Å². The number of rotatable bonds is 5. The van der Waals surface area contributed by atoms with Crippen molar-refractivity contribution < 1.29 is 40.9 Å². The minimum atomic E-state index is -4.71. The van der Waals surface area contributed by atoms with Crippen molar-refractivity contribution in [3.05, 3.63) is 46.6 Å². The Kier molecular flexibility index (Phi) is 5.82. The number of β-amino-alcohol motifs (C(OH)–C–C–N with tert-alkyl or cyclic N) is 1. The molecule has 3 rings (SSSR count). The normalized spacial score (nSPS) is 22.8. The number of nitriles is 1. The fourth-order valence-electron chi connectivity index (χ4n) is 2.87. The highest BCUT2D eigenvalue weighted by molar-refractivity contribution is 7.91. The van der Waals surface area contributed by atoms with Crippen LogP contribution in [0.4, 0.5) is 17.6 Å². The molecule has 7 nitrogen and oxygen atoms in total. The van der Waals surface area contributed by atoms with Gasteiger partial charge in [-0.2, -0.15) is 22.7 Å². The van der Waals surface area contributed by atoms with Gasteiger partial charge in [-0.1, -0.05) is 0 Å². The van der Waals surface area contributed by atoms with Crippen molar-refractivity contribution in [3.63, 3.8) is 0 Å². The van der Waals surface area contributed by atoms with Gasteiger partial charge in [0.25, 0.3) is 10.0 Å². The van der Waals surface area contributed by atoms with Crippen LogP contribution in [0.5, 0.6) is 5.75 Å². The molecule has 1 aliphatic heterocycles. The summed E-state index contributed by atoms with van der Waals surface area (Å²) in [5, 5.41) is 28.9. The van der Waals surface area contributed by atoms with Crippen molar-refractivity contribution in [2.24, 2.45) is 0 Å². The molecule has 13 heteroatoms. The van der Waals surface area contributed by atoms with E-state index >= 15 is 0 Å². The number of aliphatic hydroxyl groups excluding tert-OH is 1. The van der Waals surface area contributed by atoms with E-state index in [1.807, 2.05) is 0 Å². The van der Waals surface area contributed by atoms with Gasteiger partial charge in [-0.15, -0.1) is 11.3 Å². The number of ether oxygens (including phenoxy) is 1. The highest BCUT2D eigenvalue weighted by atomic mass is 32.2. The predicted octanol–water partition coefficient (Wildman–Crippen LogP) is 1.95. The third-order valence-electron chi connectivity index (χ3n) is 4.49. The van der Waals surface area contributed by atoms with Crippen molar-refractivity contribution in [1.29, 1.82) is 5.26 Å². The zero-order valence-corrected chi connectivity index (χ0v) is 16.6. The number of benzene rings is 1. The van der Waals surface area contributed by atoms with Crippen LogP contribution in [0.1, 0.15) is 10.4 Å². The Morgan fingerprint density at radius 1 is 1.33 bits per heavy atom. The second-order valence-electron chi connectivity index (χ2n) is 6.54. The number of hydrogen-bond donors (Lipinski definition) is 2. The molecule has 1 fully saturated rings. The molecule has 30 heavy (non-hydrogen) atoms. The Balaban J connectivity index is 1.86. The van der Waals surface area contributed by atoms with E-state index in [0.29, 0.717) is 10.4 Å². The molecule has 2 N–H and O–H groups in total. The van der Waals surface area contributed by atoms with E-state index in [1.165, 1.54) is 6.07 Å². The second kappa shape index (κ2) is 7.78. The Labute approximate surface area is 172 Å². The summed E-state index contributed by atoms with van der Waals surface area (Å²) >= 11 is 0.0328. The van der Waals surface area contributed by atoms with Crippen LogP contribution >= 0.6 is 11.3 Å². The maximum Gasteiger partial charge on any atom is 0.425 e. The van der Waals surface area contributed by atoms with Crippen molar-refractivity contribution in [2.45, 2.75) is 22.1 Å². The summed E-state index contributed by atoms with van der Waals surface area (Å²) in [5.74, 6) is -1.03. The summed E-state index contributed by atoms with van der Waals surface area (Å²) in [6.07, 6.45) is -6.05. The molecule has 1 aliphatic rings. The fraction of sp³-hybridized carbons (Fsp3) is 0.353. The van der Waals surface area contributed by atoms with E-state index < -0.39 is 62.5 Å². The molecule has 0 bridgehead atoms. The van der Waals surface area contributed by atoms with Gasteiger partial charge in [-0.25, -0.2) is 12.8 Å². The van der Waals surface area contributed by atoms with Crippen LogP contribution < -0.4 is 4.74 Å². The first-order valence-corrected chi connectivity index (χ1v) is 10.5. The monoisotopic (exact) mass is 466 g/mol. The lowest BCUT2D eigenvalue weighted by molar-refractivity contribution is -0.134. The second-order valence-corrected chi connectivity index (χ2v) is 9.78. The van der Waals surface area contributed by atoms with Gasteiger partial charge in [-0.05, 0) is 24.3 Å². The first-order chi connectivity index (χ1) is 13.9. The first-order valence-electron chi connectivity index (χ1n) is 8.27. The standard InChI is InChI=1S/C17H14F4N2O5S2/c18-12-5-11(2-1-10(12)6-22)28-13-7-23(8-16(13,25)9-24)30(26,27)15-4-3-14(29-15)17(19,20)21/h1-5,13,24-25H,7-9H2/t13?,16-/m1/s1. The Hall–Kier alpha value is -2.24. The zero-order valence-electron chi connectivity index (χ0n) is 14.9.